The number of carboxylic acid groups (broad SMARTS) is 1. The number of furan rings is 1. The third-order valence-corrected chi connectivity index (χ3v) is 6.84. The minimum atomic E-state index is -0.951. The Labute approximate surface area is 219 Å². The van der Waals surface area contributed by atoms with Crippen LogP contribution in [-0.4, -0.2) is 11.1 Å². The van der Waals surface area contributed by atoms with Crippen LogP contribution in [0, 0.1) is 11.3 Å². The van der Waals surface area contributed by atoms with Crippen molar-refractivity contribution in [2.24, 2.45) is 5.73 Å². The van der Waals surface area contributed by atoms with Crippen molar-refractivity contribution in [3.05, 3.63) is 107 Å². The summed E-state index contributed by atoms with van der Waals surface area (Å²) in [7, 11) is 0. The molecule has 37 heavy (non-hydrogen) atoms. The van der Waals surface area contributed by atoms with Gasteiger partial charge in [0.05, 0.1) is 17.6 Å². The first-order chi connectivity index (χ1) is 17.9. The molecule has 186 valence electrons. The zero-order valence-corrected chi connectivity index (χ0v) is 21.2. The fourth-order valence-corrected chi connectivity index (χ4v) is 4.65. The Morgan fingerprint density at radius 2 is 2.03 bits per heavy atom. The average Bonchev–Trinajstić information content (AvgIpc) is 3.39. The Morgan fingerprint density at radius 3 is 2.76 bits per heavy atom. The molecule has 1 aromatic heterocycles. The number of allylic oxidation sites excluding steroid dienone is 2. The summed E-state index contributed by atoms with van der Waals surface area (Å²) in [6.07, 6.45) is 3.20. The first kappa shape index (κ1) is 25.8. The van der Waals surface area contributed by atoms with Gasteiger partial charge in [0.25, 0.3) is 0 Å². The van der Waals surface area contributed by atoms with Crippen molar-refractivity contribution < 1.29 is 19.1 Å². The van der Waals surface area contributed by atoms with Gasteiger partial charge in [0.2, 0.25) is 0 Å². The molecule has 1 heterocycles. The van der Waals surface area contributed by atoms with Gasteiger partial charge in [0.1, 0.15) is 24.0 Å². The predicted octanol–water partition coefficient (Wildman–Crippen LogP) is 6.90. The van der Waals surface area contributed by atoms with E-state index in [9.17, 15) is 15.2 Å². The molecule has 0 spiro atoms. The molecule has 0 atom stereocenters. The molecule has 3 aromatic carbocycles. The maximum atomic E-state index is 11.5. The maximum absolute atomic E-state index is 11.5. The van der Waals surface area contributed by atoms with Crippen LogP contribution in [0.3, 0.4) is 0 Å². The van der Waals surface area contributed by atoms with Gasteiger partial charge in [-0.2, -0.15) is 5.26 Å². The molecule has 7 heteroatoms. The van der Waals surface area contributed by atoms with Gasteiger partial charge in [-0.1, -0.05) is 54.7 Å². The number of nitrogens with two attached hydrogens (primary N) is 1. The standard InChI is InChI=1S/C30H26N2O4S/c1-3-26(17-32)37-19(2)22-7-8-24(15-29(33)34)28(14-22)36-18-21-12-25-9-10-35-30(25)27(13-21)23-6-4-5-20(11-23)16-31/h3-14H,2,15-16,18,31H2,1H3,(H,33,34)/b26-3-. The van der Waals surface area contributed by atoms with Crippen LogP contribution in [0.5, 0.6) is 5.75 Å². The molecule has 0 unspecified atom stereocenters. The lowest BCUT2D eigenvalue weighted by Crippen LogP contribution is -2.05. The quantitative estimate of drug-likeness (QED) is 0.223. The van der Waals surface area contributed by atoms with Crippen LogP contribution >= 0.6 is 11.8 Å². The number of carbonyl (C=O) groups is 1. The zero-order chi connectivity index (χ0) is 26.4. The lowest BCUT2D eigenvalue weighted by Gasteiger charge is -2.14. The van der Waals surface area contributed by atoms with E-state index in [4.69, 9.17) is 14.9 Å². The SMILES string of the molecule is C=C(S/C(C#N)=C\C)c1ccc(CC(=O)O)c(OCc2cc(-c3cccc(CN)c3)c3occc3c2)c1. The van der Waals surface area contributed by atoms with E-state index in [-0.39, 0.29) is 13.0 Å². The third-order valence-electron chi connectivity index (χ3n) is 5.82. The summed E-state index contributed by atoms with van der Waals surface area (Å²) in [6, 6.07) is 21.4. The number of hydrogen-bond acceptors (Lipinski definition) is 6. The minimum absolute atomic E-state index is 0.175. The first-order valence-electron chi connectivity index (χ1n) is 11.6. The molecule has 4 rings (SSSR count). The zero-order valence-electron chi connectivity index (χ0n) is 20.4. The van der Waals surface area contributed by atoms with Gasteiger partial charge < -0.3 is 20.0 Å². The number of benzene rings is 3. The number of fused-ring (bicyclic) bond motifs is 1. The maximum Gasteiger partial charge on any atom is 0.307 e. The van der Waals surface area contributed by atoms with Crippen molar-refractivity contribution in [2.75, 3.05) is 0 Å². The van der Waals surface area contributed by atoms with Crippen molar-refractivity contribution in [3.8, 4) is 22.9 Å². The Morgan fingerprint density at radius 1 is 1.19 bits per heavy atom. The average molecular weight is 511 g/mol. The first-order valence-corrected chi connectivity index (χ1v) is 12.4. The Balaban J connectivity index is 1.66. The Hall–Kier alpha value is -4.25. The Bertz CT molecular complexity index is 1540. The molecule has 4 aromatic rings. The van der Waals surface area contributed by atoms with Gasteiger partial charge in [-0.25, -0.2) is 0 Å². The highest BCUT2D eigenvalue weighted by Crippen LogP contribution is 2.36. The van der Waals surface area contributed by atoms with Crippen LogP contribution in [0.25, 0.3) is 27.0 Å². The monoisotopic (exact) mass is 510 g/mol. The number of carboxylic acids is 1. The van der Waals surface area contributed by atoms with Crippen LogP contribution < -0.4 is 10.5 Å². The van der Waals surface area contributed by atoms with Crippen LogP contribution in [0.4, 0.5) is 0 Å². The molecule has 0 radical (unpaired) electrons. The smallest absolute Gasteiger partial charge is 0.307 e. The van der Waals surface area contributed by atoms with Crippen molar-refractivity contribution in [3.63, 3.8) is 0 Å². The summed E-state index contributed by atoms with van der Waals surface area (Å²) in [6.45, 7) is 6.53. The second-order valence-corrected chi connectivity index (χ2v) is 9.50. The van der Waals surface area contributed by atoms with E-state index in [1.165, 1.54) is 11.8 Å². The summed E-state index contributed by atoms with van der Waals surface area (Å²) < 4.78 is 12.0. The van der Waals surface area contributed by atoms with Gasteiger partial charge in [0, 0.05) is 28.0 Å². The molecule has 0 saturated heterocycles. The van der Waals surface area contributed by atoms with Gasteiger partial charge in [-0.15, -0.1) is 0 Å². The highest BCUT2D eigenvalue weighted by molar-refractivity contribution is 8.12. The van der Waals surface area contributed by atoms with Crippen molar-refractivity contribution in [1.29, 1.82) is 5.26 Å². The number of aliphatic carboxylic acids is 1. The van der Waals surface area contributed by atoms with E-state index in [1.54, 1.807) is 37.5 Å². The summed E-state index contributed by atoms with van der Waals surface area (Å²) >= 11 is 1.26. The van der Waals surface area contributed by atoms with E-state index in [0.717, 1.165) is 38.8 Å². The van der Waals surface area contributed by atoms with Crippen LogP contribution in [0.15, 0.2) is 88.9 Å². The van der Waals surface area contributed by atoms with Gasteiger partial charge >= 0.3 is 5.97 Å². The number of ether oxygens (including phenoxy) is 1. The normalized spacial score (nSPS) is 11.3. The lowest BCUT2D eigenvalue weighted by molar-refractivity contribution is -0.136. The fourth-order valence-electron chi connectivity index (χ4n) is 3.98. The highest BCUT2D eigenvalue weighted by atomic mass is 32.2. The lowest BCUT2D eigenvalue weighted by atomic mass is 9.99. The van der Waals surface area contributed by atoms with Crippen molar-refractivity contribution >= 4 is 33.6 Å². The summed E-state index contributed by atoms with van der Waals surface area (Å²) in [5.41, 5.74) is 11.8. The second-order valence-electron chi connectivity index (χ2n) is 8.36. The van der Waals surface area contributed by atoms with Crippen LogP contribution in [0.2, 0.25) is 0 Å². The molecule has 0 bridgehead atoms. The predicted molar refractivity (Wildman–Crippen MR) is 148 cm³/mol. The number of nitrogens with zero attached hydrogens (tertiary/aromatic N) is 1. The molecule has 6 nitrogen and oxygen atoms in total. The van der Waals surface area contributed by atoms with E-state index >= 15 is 0 Å². The van der Waals surface area contributed by atoms with Crippen molar-refractivity contribution in [2.45, 2.75) is 26.5 Å². The van der Waals surface area contributed by atoms with Gasteiger partial charge in [0.15, 0.2) is 0 Å². The Kier molecular flexibility index (Phi) is 8.14. The van der Waals surface area contributed by atoms with Crippen LogP contribution in [-0.2, 0) is 24.4 Å². The van der Waals surface area contributed by atoms with E-state index < -0.39 is 5.97 Å². The molecule has 0 fully saturated rings. The van der Waals surface area contributed by atoms with E-state index in [1.807, 2.05) is 42.5 Å². The molecule has 0 aliphatic heterocycles. The van der Waals surface area contributed by atoms with Crippen molar-refractivity contribution in [1.82, 2.24) is 0 Å². The minimum Gasteiger partial charge on any atom is -0.489 e. The molecule has 0 amide bonds. The largest absolute Gasteiger partial charge is 0.489 e. The number of rotatable bonds is 10. The van der Waals surface area contributed by atoms with E-state index in [2.05, 4.69) is 12.6 Å². The fraction of sp³-hybridized carbons (Fsp3) is 0.133. The molecular formula is C30H26N2O4S. The molecule has 0 aliphatic carbocycles. The summed E-state index contributed by atoms with van der Waals surface area (Å²) in [5, 5.41) is 19.6. The van der Waals surface area contributed by atoms with Gasteiger partial charge in [-0.3, -0.25) is 4.79 Å². The van der Waals surface area contributed by atoms with Crippen LogP contribution in [0.1, 0.15) is 29.2 Å². The third kappa shape index (κ3) is 6.12. The number of thioether (sulfide) groups is 1. The highest BCUT2D eigenvalue weighted by Gasteiger charge is 2.14. The molecule has 0 aliphatic rings. The number of nitriles is 1. The summed E-state index contributed by atoms with van der Waals surface area (Å²) in [4.78, 5) is 12.7. The molecule has 0 saturated carbocycles. The number of hydrogen-bond donors (Lipinski definition) is 2. The topological polar surface area (TPSA) is 109 Å². The molecular weight excluding hydrogens is 484 g/mol. The summed E-state index contributed by atoms with van der Waals surface area (Å²) in [5.74, 6) is -0.493. The second kappa shape index (κ2) is 11.7. The van der Waals surface area contributed by atoms with Gasteiger partial charge in [-0.05, 0) is 59.5 Å². The molecule has 3 N–H and O–H groups in total. The van der Waals surface area contributed by atoms with E-state index in [0.29, 0.717) is 27.7 Å².